The van der Waals surface area contributed by atoms with Crippen LogP contribution in [0.15, 0.2) is 22.8 Å². The summed E-state index contributed by atoms with van der Waals surface area (Å²) in [5, 5.41) is 15.3. The number of amides is 2. The first-order valence-corrected chi connectivity index (χ1v) is 7.40. The first-order valence-electron chi connectivity index (χ1n) is 7.40. The molecule has 0 aromatic carbocycles. The first-order chi connectivity index (χ1) is 9.66. The monoisotopic (exact) mass is 280 g/mol. The van der Waals surface area contributed by atoms with Gasteiger partial charge >= 0.3 is 6.03 Å². The molecule has 0 saturated heterocycles. The van der Waals surface area contributed by atoms with Gasteiger partial charge in [-0.15, -0.1) is 0 Å². The lowest BCUT2D eigenvalue weighted by Crippen LogP contribution is -2.41. The molecule has 0 aliphatic heterocycles. The maximum absolute atomic E-state index is 11.7. The van der Waals surface area contributed by atoms with Crippen molar-refractivity contribution in [2.75, 3.05) is 13.1 Å². The molecule has 1 saturated carbocycles. The minimum atomic E-state index is -0.802. The van der Waals surface area contributed by atoms with E-state index in [0.29, 0.717) is 24.1 Å². The van der Waals surface area contributed by atoms with Crippen LogP contribution in [0.25, 0.3) is 0 Å². The van der Waals surface area contributed by atoms with Gasteiger partial charge in [-0.1, -0.05) is 26.2 Å². The van der Waals surface area contributed by atoms with Gasteiger partial charge in [-0.25, -0.2) is 4.79 Å². The molecule has 3 unspecified atom stereocenters. The topological polar surface area (TPSA) is 74.5 Å². The molecule has 1 fully saturated rings. The molecule has 2 rings (SSSR count). The standard InChI is InChI=1S/C15H24N2O3/c1-11-5-2-3-6-12(11)9-16-15(19)17-10-13(18)14-7-4-8-20-14/h4,7-8,11-13,18H,2-3,5-6,9-10H2,1H3,(H2,16,17,19). The van der Waals surface area contributed by atoms with Gasteiger partial charge in [-0.05, 0) is 30.4 Å². The van der Waals surface area contributed by atoms with Crippen LogP contribution in [0.1, 0.15) is 44.5 Å². The van der Waals surface area contributed by atoms with E-state index in [9.17, 15) is 9.90 Å². The van der Waals surface area contributed by atoms with E-state index < -0.39 is 6.10 Å². The van der Waals surface area contributed by atoms with Crippen LogP contribution in [0, 0.1) is 11.8 Å². The molecular formula is C15H24N2O3. The minimum absolute atomic E-state index is 0.152. The number of carbonyl (C=O) groups is 1. The van der Waals surface area contributed by atoms with Crippen LogP contribution in [0.3, 0.4) is 0 Å². The lowest BCUT2D eigenvalue weighted by atomic mass is 9.80. The highest BCUT2D eigenvalue weighted by atomic mass is 16.4. The predicted molar refractivity (Wildman–Crippen MR) is 76.2 cm³/mol. The lowest BCUT2D eigenvalue weighted by molar-refractivity contribution is 0.147. The summed E-state index contributed by atoms with van der Waals surface area (Å²) in [4.78, 5) is 11.7. The molecule has 0 spiro atoms. The number of urea groups is 1. The third-order valence-electron chi connectivity index (χ3n) is 4.14. The molecule has 0 radical (unpaired) electrons. The van der Waals surface area contributed by atoms with Crippen molar-refractivity contribution >= 4 is 6.03 Å². The highest BCUT2D eigenvalue weighted by molar-refractivity contribution is 5.73. The van der Waals surface area contributed by atoms with Crippen LogP contribution in [0.2, 0.25) is 0 Å². The highest BCUT2D eigenvalue weighted by Crippen LogP contribution is 2.28. The maximum atomic E-state index is 11.7. The fourth-order valence-electron chi connectivity index (χ4n) is 2.75. The summed E-state index contributed by atoms with van der Waals surface area (Å²) in [7, 11) is 0. The largest absolute Gasteiger partial charge is 0.467 e. The number of rotatable bonds is 5. The van der Waals surface area contributed by atoms with E-state index in [1.54, 1.807) is 12.1 Å². The van der Waals surface area contributed by atoms with Gasteiger partial charge in [0.2, 0.25) is 0 Å². The Morgan fingerprint density at radius 2 is 2.25 bits per heavy atom. The van der Waals surface area contributed by atoms with Crippen molar-refractivity contribution < 1.29 is 14.3 Å². The molecular weight excluding hydrogens is 256 g/mol. The van der Waals surface area contributed by atoms with Gasteiger partial charge in [0.25, 0.3) is 0 Å². The second-order valence-corrected chi connectivity index (χ2v) is 5.64. The van der Waals surface area contributed by atoms with Crippen LogP contribution < -0.4 is 10.6 Å². The van der Waals surface area contributed by atoms with E-state index in [4.69, 9.17) is 4.42 Å². The third kappa shape index (κ3) is 4.27. The predicted octanol–water partition coefficient (Wildman–Crippen LogP) is 2.44. The zero-order chi connectivity index (χ0) is 14.4. The van der Waals surface area contributed by atoms with Crippen LogP contribution in [0.4, 0.5) is 4.79 Å². The van der Waals surface area contributed by atoms with Crippen LogP contribution in [-0.4, -0.2) is 24.2 Å². The molecule has 3 atom stereocenters. The molecule has 1 heterocycles. The zero-order valence-corrected chi connectivity index (χ0v) is 12.0. The summed E-state index contributed by atoms with van der Waals surface area (Å²) in [5.74, 6) is 1.72. The number of aliphatic hydroxyl groups excluding tert-OH is 1. The molecule has 1 aromatic rings. The summed E-state index contributed by atoms with van der Waals surface area (Å²) in [6.45, 7) is 3.12. The van der Waals surface area contributed by atoms with E-state index in [2.05, 4.69) is 17.6 Å². The van der Waals surface area contributed by atoms with Gasteiger partial charge in [0, 0.05) is 6.54 Å². The Morgan fingerprint density at radius 3 is 2.95 bits per heavy atom. The van der Waals surface area contributed by atoms with E-state index in [1.807, 2.05) is 0 Å². The molecule has 1 aliphatic carbocycles. The second kappa shape index (κ2) is 7.33. The third-order valence-corrected chi connectivity index (χ3v) is 4.14. The maximum Gasteiger partial charge on any atom is 0.314 e. The smallest absolute Gasteiger partial charge is 0.314 e. The lowest BCUT2D eigenvalue weighted by Gasteiger charge is -2.28. The molecule has 5 nitrogen and oxygen atoms in total. The quantitative estimate of drug-likeness (QED) is 0.775. The van der Waals surface area contributed by atoms with Crippen LogP contribution >= 0.6 is 0 Å². The van der Waals surface area contributed by atoms with Crippen LogP contribution in [-0.2, 0) is 0 Å². The molecule has 20 heavy (non-hydrogen) atoms. The Bertz CT molecular complexity index is 405. The van der Waals surface area contributed by atoms with Crippen molar-refractivity contribution in [2.24, 2.45) is 11.8 Å². The normalized spacial score (nSPS) is 24.1. The minimum Gasteiger partial charge on any atom is -0.467 e. The highest BCUT2D eigenvalue weighted by Gasteiger charge is 2.21. The van der Waals surface area contributed by atoms with Crippen LogP contribution in [0.5, 0.6) is 0 Å². The number of hydrogen-bond donors (Lipinski definition) is 3. The van der Waals surface area contributed by atoms with Crippen molar-refractivity contribution in [1.82, 2.24) is 10.6 Å². The van der Waals surface area contributed by atoms with Crippen molar-refractivity contribution in [1.29, 1.82) is 0 Å². The average Bonchev–Trinajstić information content (AvgIpc) is 2.98. The summed E-state index contributed by atoms with van der Waals surface area (Å²) in [6.07, 6.45) is 5.71. The van der Waals surface area contributed by atoms with Crippen molar-refractivity contribution in [3.05, 3.63) is 24.2 Å². The summed E-state index contributed by atoms with van der Waals surface area (Å²) < 4.78 is 5.08. The van der Waals surface area contributed by atoms with Gasteiger partial charge in [0.15, 0.2) is 0 Å². The SMILES string of the molecule is CC1CCCCC1CNC(=O)NCC(O)c1ccco1. The fraction of sp³-hybridized carbons (Fsp3) is 0.667. The molecule has 0 bridgehead atoms. The van der Waals surface area contributed by atoms with Gasteiger partial charge < -0.3 is 20.2 Å². The molecule has 3 N–H and O–H groups in total. The summed E-state index contributed by atoms with van der Waals surface area (Å²) >= 11 is 0. The van der Waals surface area contributed by atoms with E-state index in [0.717, 1.165) is 0 Å². The zero-order valence-electron chi connectivity index (χ0n) is 12.0. The number of furan rings is 1. The molecule has 1 aromatic heterocycles. The fourth-order valence-corrected chi connectivity index (χ4v) is 2.75. The van der Waals surface area contributed by atoms with Crippen molar-refractivity contribution in [2.45, 2.75) is 38.7 Å². The molecule has 112 valence electrons. The Hall–Kier alpha value is -1.49. The van der Waals surface area contributed by atoms with Gasteiger partial charge in [-0.3, -0.25) is 0 Å². The van der Waals surface area contributed by atoms with Crippen molar-refractivity contribution in [3.8, 4) is 0 Å². The number of hydrogen-bond acceptors (Lipinski definition) is 3. The van der Waals surface area contributed by atoms with Gasteiger partial charge in [-0.2, -0.15) is 0 Å². The Kier molecular flexibility index (Phi) is 5.47. The number of aliphatic hydroxyl groups is 1. The molecule has 5 heteroatoms. The average molecular weight is 280 g/mol. The Morgan fingerprint density at radius 1 is 1.45 bits per heavy atom. The molecule has 2 amide bonds. The van der Waals surface area contributed by atoms with Gasteiger partial charge in [0.1, 0.15) is 11.9 Å². The number of nitrogens with one attached hydrogen (secondary N) is 2. The summed E-state index contributed by atoms with van der Waals surface area (Å²) in [5.41, 5.74) is 0. The number of carbonyl (C=O) groups excluding carboxylic acids is 1. The van der Waals surface area contributed by atoms with E-state index in [-0.39, 0.29) is 12.6 Å². The Labute approximate surface area is 119 Å². The second-order valence-electron chi connectivity index (χ2n) is 5.64. The van der Waals surface area contributed by atoms with Gasteiger partial charge in [0.05, 0.1) is 12.8 Å². The van der Waals surface area contributed by atoms with Crippen molar-refractivity contribution in [3.63, 3.8) is 0 Å². The molecule has 1 aliphatic rings. The van der Waals surface area contributed by atoms with E-state index >= 15 is 0 Å². The summed E-state index contributed by atoms with van der Waals surface area (Å²) in [6, 6.07) is 3.17. The van der Waals surface area contributed by atoms with E-state index in [1.165, 1.54) is 31.9 Å². The first kappa shape index (κ1) is 14.9. The Balaban J connectivity index is 1.65.